The number of aromatic nitrogens is 1. The van der Waals surface area contributed by atoms with Crippen LogP contribution in [0.4, 0.5) is 0 Å². The van der Waals surface area contributed by atoms with Crippen LogP contribution in [-0.2, 0) is 14.8 Å². The third-order valence-corrected chi connectivity index (χ3v) is 8.37. The highest BCUT2D eigenvalue weighted by Gasteiger charge is 2.48. The van der Waals surface area contributed by atoms with Crippen molar-refractivity contribution < 1.29 is 13.2 Å². The second-order valence-corrected chi connectivity index (χ2v) is 10.6. The van der Waals surface area contributed by atoms with E-state index in [9.17, 15) is 13.2 Å². The van der Waals surface area contributed by atoms with Crippen LogP contribution in [0.3, 0.4) is 0 Å². The molecule has 0 atom stereocenters. The van der Waals surface area contributed by atoms with Gasteiger partial charge in [-0.1, -0.05) is 29.3 Å². The summed E-state index contributed by atoms with van der Waals surface area (Å²) in [4.78, 5) is 21.9. The maximum atomic E-state index is 13.2. The molecule has 1 fully saturated rings. The predicted molar refractivity (Wildman–Crippen MR) is 124 cm³/mol. The van der Waals surface area contributed by atoms with Crippen molar-refractivity contribution in [1.29, 1.82) is 0 Å². The SMILES string of the molecule is O=C1NC(c2ccc(Cl)cc2Cl)=NC12CCN(S(=O)(=O)c1ccc3ncccc3c1)CC2. The number of hydrogen-bond donors (Lipinski definition) is 1. The summed E-state index contributed by atoms with van der Waals surface area (Å²) < 4.78 is 27.8. The zero-order valence-corrected chi connectivity index (χ0v) is 19.1. The molecule has 2 aliphatic rings. The average molecular weight is 489 g/mol. The van der Waals surface area contributed by atoms with Crippen LogP contribution in [-0.4, -0.2) is 48.1 Å². The van der Waals surface area contributed by atoms with E-state index in [0.29, 0.717) is 21.4 Å². The number of carbonyl (C=O) groups excluding carboxylic acids is 1. The van der Waals surface area contributed by atoms with E-state index < -0.39 is 15.6 Å². The lowest BCUT2D eigenvalue weighted by molar-refractivity contribution is -0.124. The van der Waals surface area contributed by atoms with E-state index >= 15 is 0 Å². The number of benzene rings is 2. The van der Waals surface area contributed by atoms with Crippen molar-refractivity contribution in [3.8, 4) is 0 Å². The number of hydrogen-bond acceptors (Lipinski definition) is 5. The summed E-state index contributed by atoms with van der Waals surface area (Å²) >= 11 is 12.2. The summed E-state index contributed by atoms with van der Waals surface area (Å²) in [6.07, 6.45) is 2.23. The quantitative estimate of drug-likeness (QED) is 0.608. The second kappa shape index (κ2) is 7.81. The van der Waals surface area contributed by atoms with Gasteiger partial charge in [0.15, 0.2) is 0 Å². The largest absolute Gasteiger partial charge is 0.308 e. The first-order chi connectivity index (χ1) is 15.3. The minimum Gasteiger partial charge on any atom is -0.308 e. The molecule has 5 rings (SSSR count). The summed E-state index contributed by atoms with van der Waals surface area (Å²) in [5.74, 6) is 0.141. The molecule has 2 aliphatic heterocycles. The highest BCUT2D eigenvalue weighted by molar-refractivity contribution is 7.89. The van der Waals surface area contributed by atoms with Crippen molar-refractivity contribution in [2.75, 3.05) is 13.1 Å². The Balaban J connectivity index is 1.39. The minimum atomic E-state index is -3.70. The molecule has 0 saturated carbocycles. The monoisotopic (exact) mass is 488 g/mol. The highest BCUT2D eigenvalue weighted by atomic mass is 35.5. The number of fused-ring (bicyclic) bond motifs is 1. The highest BCUT2D eigenvalue weighted by Crippen LogP contribution is 2.34. The van der Waals surface area contributed by atoms with Crippen molar-refractivity contribution >= 4 is 55.9 Å². The van der Waals surface area contributed by atoms with E-state index in [0.717, 1.165) is 10.9 Å². The minimum absolute atomic E-state index is 0.186. The number of amides is 1. The molecule has 3 heterocycles. The maximum Gasteiger partial charge on any atom is 0.253 e. The van der Waals surface area contributed by atoms with Gasteiger partial charge >= 0.3 is 0 Å². The van der Waals surface area contributed by atoms with E-state index in [4.69, 9.17) is 23.2 Å². The Hall–Kier alpha value is -2.52. The number of nitrogens with one attached hydrogen (secondary N) is 1. The Labute approximate surface area is 195 Å². The molecular formula is C22H18Cl2N4O3S. The van der Waals surface area contributed by atoms with Gasteiger partial charge in [-0.05, 0) is 55.3 Å². The Kier molecular flexibility index (Phi) is 5.21. The number of aliphatic imine (C=N–C) groups is 1. The number of nitrogens with zero attached hydrogens (tertiary/aromatic N) is 3. The van der Waals surface area contributed by atoms with Gasteiger partial charge in [-0.25, -0.2) is 8.42 Å². The molecule has 0 aliphatic carbocycles. The van der Waals surface area contributed by atoms with Gasteiger partial charge in [0.1, 0.15) is 11.4 Å². The first-order valence-electron chi connectivity index (χ1n) is 10.0. The Morgan fingerprint density at radius 1 is 1.03 bits per heavy atom. The van der Waals surface area contributed by atoms with Crippen LogP contribution < -0.4 is 5.32 Å². The van der Waals surface area contributed by atoms with Gasteiger partial charge < -0.3 is 5.32 Å². The lowest BCUT2D eigenvalue weighted by Crippen LogP contribution is -2.50. The number of pyridine rings is 1. The molecule has 32 heavy (non-hydrogen) atoms. The van der Waals surface area contributed by atoms with E-state index in [1.807, 2.05) is 6.07 Å². The summed E-state index contributed by atoms with van der Waals surface area (Å²) in [6, 6.07) is 13.5. The smallest absolute Gasteiger partial charge is 0.253 e. The van der Waals surface area contributed by atoms with Crippen molar-refractivity contribution in [2.45, 2.75) is 23.3 Å². The molecule has 3 aromatic rings. The summed E-state index contributed by atoms with van der Waals surface area (Å²) in [6.45, 7) is 0.373. The summed E-state index contributed by atoms with van der Waals surface area (Å²) in [5.41, 5.74) is 0.313. The van der Waals surface area contributed by atoms with Crippen LogP contribution in [0.5, 0.6) is 0 Å². The molecule has 1 N–H and O–H groups in total. The zero-order valence-electron chi connectivity index (χ0n) is 16.8. The first-order valence-corrected chi connectivity index (χ1v) is 12.2. The second-order valence-electron chi connectivity index (χ2n) is 7.83. The summed E-state index contributed by atoms with van der Waals surface area (Å²) in [5, 5.41) is 4.44. The predicted octanol–water partition coefficient (Wildman–Crippen LogP) is 3.64. The molecular weight excluding hydrogens is 471 g/mol. The Bertz CT molecular complexity index is 1380. The van der Waals surface area contributed by atoms with Crippen LogP contribution in [0, 0.1) is 0 Å². The van der Waals surface area contributed by atoms with Crippen LogP contribution >= 0.6 is 23.2 Å². The normalized spacial score (nSPS) is 18.7. The molecule has 1 saturated heterocycles. The number of amidine groups is 1. The fraction of sp³-hybridized carbons (Fsp3) is 0.227. The zero-order chi connectivity index (χ0) is 22.5. The van der Waals surface area contributed by atoms with Crippen LogP contribution in [0.2, 0.25) is 10.0 Å². The lowest BCUT2D eigenvalue weighted by Gasteiger charge is -2.34. The number of halogens is 2. The average Bonchev–Trinajstić information content (AvgIpc) is 3.09. The van der Waals surface area contributed by atoms with Gasteiger partial charge in [0.2, 0.25) is 10.0 Å². The van der Waals surface area contributed by atoms with E-state index in [1.54, 1.807) is 48.7 Å². The Morgan fingerprint density at radius 2 is 1.81 bits per heavy atom. The topological polar surface area (TPSA) is 91.7 Å². The van der Waals surface area contributed by atoms with Crippen LogP contribution in [0.15, 0.2) is 64.6 Å². The van der Waals surface area contributed by atoms with Gasteiger partial charge in [0.05, 0.1) is 15.4 Å². The number of carbonyl (C=O) groups is 1. The molecule has 1 aromatic heterocycles. The molecule has 0 bridgehead atoms. The maximum absolute atomic E-state index is 13.2. The van der Waals surface area contributed by atoms with Gasteiger partial charge in [-0.3, -0.25) is 14.8 Å². The third kappa shape index (κ3) is 3.57. The fourth-order valence-corrected chi connectivity index (χ4v) is 6.10. The lowest BCUT2D eigenvalue weighted by atomic mass is 9.89. The molecule has 1 spiro atoms. The third-order valence-electron chi connectivity index (χ3n) is 5.93. The van der Waals surface area contributed by atoms with Gasteiger partial charge in [-0.15, -0.1) is 0 Å². The standard InChI is InChI=1S/C22H18Cl2N4O3S/c23-15-3-5-17(18(24)13-15)20-26-21(29)22(27-20)7-10-28(11-8-22)32(30,31)16-4-6-19-14(12-16)2-1-9-25-19/h1-6,9,12-13H,7-8,10-11H2,(H,26,27,29). The molecule has 10 heteroatoms. The van der Waals surface area contributed by atoms with Crippen molar-refractivity contribution in [3.63, 3.8) is 0 Å². The van der Waals surface area contributed by atoms with Gasteiger partial charge in [0, 0.05) is 35.3 Å². The first kappa shape index (κ1) is 21.3. The van der Waals surface area contributed by atoms with E-state index in [1.165, 1.54) is 4.31 Å². The molecule has 1 amide bonds. The number of rotatable bonds is 3. The molecule has 7 nitrogen and oxygen atoms in total. The van der Waals surface area contributed by atoms with Crippen LogP contribution in [0.1, 0.15) is 18.4 Å². The number of sulfonamides is 1. The fourth-order valence-electron chi connectivity index (χ4n) is 4.12. The van der Waals surface area contributed by atoms with Gasteiger partial charge in [-0.2, -0.15) is 4.31 Å². The van der Waals surface area contributed by atoms with E-state index in [2.05, 4.69) is 15.3 Å². The van der Waals surface area contributed by atoms with Crippen molar-refractivity contribution in [1.82, 2.24) is 14.6 Å². The number of piperidine rings is 1. The molecule has 0 radical (unpaired) electrons. The van der Waals surface area contributed by atoms with Crippen molar-refractivity contribution in [3.05, 3.63) is 70.3 Å². The Morgan fingerprint density at radius 3 is 2.56 bits per heavy atom. The van der Waals surface area contributed by atoms with Crippen LogP contribution in [0.25, 0.3) is 10.9 Å². The molecule has 0 unspecified atom stereocenters. The molecule has 164 valence electrons. The van der Waals surface area contributed by atoms with Crippen molar-refractivity contribution in [2.24, 2.45) is 4.99 Å². The molecule has 2 aromatic carbocycles. The summed E-state index contributed by atoms with van der Waals surface area (Å²) in [7, 11) is -3.70. The van der Waals surface area contributed by atoms with E-state index in [-0.39, 0.29) is 36.7 Å². The van der Waals surface area contributed by atoms with Gasteiger partial charge in [0.25, 0.3) is 5.91 Å².